The van der Waals surface area contributed by atoms with Crippen LogP contribution in [0.2, 0.25) is 0 Å². The molecule has 0 saturated carbocycles. The molecule has 8 nitrogen and oxygen atoms in total. The Morgan fingerprint density at radius 2 is 1.97 bits per heavy atom. The van der Waals surface area contributed by atoms with Crippen molar-refractivity contribution in [3.05, 3.63) is 47.2 Å². The van der Waals surface area contributed by atoms with Gasteiger partial charge < -0.3 is 19.9 Å². The van der Waals surface area contributed by atoms with Gasteiger partial charge in [0.05, 0.1) is 12.2 Å². The van der Waals surface area contributed by atoms with Gasteiger partial charge in [-0.05, 0) is 37.1 Å². The fraction of sp³-hybridized carbons (Fsp3) is 0.478. The monoisotopic (exact) mass is 441 g/mol. The molecule has 9 heteroatoms. The number of anilines is 1. The lowest BCUT2D eigenvalue weighted by molar-refractivity contribution is -0.134. The second kappa shape index (κ2) is 9.50. The molecule has 1 N–H and O–H groups in total. The minimum atomic E-state index is -0.350. The third-order valence-electron chi connectivity index (χ3n) is 6.07. The normalized spacial score (nSPS) is 18.2. The van der Waals surface area contributed by atoms with Crippen LogP contribution in [0.15, 0.2) is 24.3 Å². The van der Waals surface area contributed by atoms with Gasteiger partial charge in [0.1, 0.15) is 23.2 Å². The van der Waals surface area contributed by atoms with Crippen molar-refractivity contribution in [3.63, 3.8) is 0 Å². The molecule has 1 saturated heterocycles. The molecule has 32 heavy (non-hydrogen) atoms. The maximum Gasteiger partial charge on any atom is 0.260 e. The Balaban J connectivity index is 1.45. The van der Waals surface area contributed by atoms with E-state index in [0.29, 0.717) is 31.8 Å². The summed E-state index contributed by atoms with van der Waals surface area (Å²) < 4.78 is 18.5. The van der Waals surface area contributed by atoms with Crippen LogP contribution in [0.5, 0.6) is 5.75 Å². The number of hydrogen-bond donors (Lipinski definition) is 1. The Labute approximate surface area is 186 Å². The third kappa shape index (κ3) is 4.81. The van der Waals surface area contributed by atoms with Gasteiger partial charge in [0.25, 0.3) is 5.91 Å². The average molecular weight is 442 g/mol. The summed E-state index contributed by atoms with van der Waals surface area (Å²) in [7, 11) is 1.81. The van der Waals surface area contributed by atoms with Gasteiger partial charge in [-0.3, -0.25) is 9.59 Å². The average Bonchev–Trinajstić information content (AvgIpc) is 2.82. The molecule has 0 radical (unpaired) electrons. The molecule has 0 spiro atoms. The Morgan fingerprint density at radius 3 is 2.69 bits per heavy atom. The van der Waals surface area contributed by atoms with Crippen LogP contribution in [0.3, 0.4) is 0 Å². The van der Waals surface area contributed by atoms with Crippen LogP contribution >= 0.6 is 0 Å². The number of piperidine rings is 1. The summed E-state index contributed by atoms with van der Waals surface area (Å²) in [4.78, 5) is 37.7. The lowest BCUT2D eigenvalue weighted by Crippen LogP contribution is -2.40. The Kier molecular flexibility index (Phi) is 6.53. The van der Waals surface area contributed by atoms with E-state index in [1.54, 1.807) is 11.8 Å². The van der Waals surface area contributed by atoms with Crippen molar-refractivity contribution in [1.82, 2.24) is 19.8 Å². The number of amides is 2. The standard InChI is InChI=1S/C23H28FN5O3/c1-15(30)28-10-3-4-16(12-28)22-26-20-9-11-29(13-19(20)23(25-2)27-22)21(31)14-32-18-7-5-17(24)6-8-18/h5-8,16H,3-4,9-14H2,1-2H3,(H,25,26,27). The van der Waals surface area contributed by atoms with Gasteiger partial charge in [-0.15, -0.1) is 0 Å². The van der Waals surface area contributed by atoms with Gasteiger partial charge in [-0.2, -0.15) is 0 Å². The van der Waals surface area contributed by atoms with Gasteiger partial charge in [-0.1, -0.05) is 0 Å². The van der Waals surface area contributed by atoms with Crippen LogP contribution < -0.4 is 10.1 Å². The van der Waals surface area contributed by atoms with Gasteiger partial charge >= 0.3 is 0 Å². The van der Waals surface area contributed by atoms with Crippen LogP contribution in [-0.4, -0.2) is 64.9 Å². The van der Waals surface area contributed by atoms with E-state index in [9.17, 15) is 14.0 Å². The minimum Gasteiger partial charge on any atom is -0.484 e. The van der Waals surface area contributed by atoms with Crippen molar-refractivity contribution in [1.29, 1.82) is 0 Å². The summed E-state index contributed by atoms with van der Waals surface area (Å²) in [5, 5.41) is 3.15. The van der Waals surface area contributed by atoms with Crippen LogP contribution in [0.4, 0.5) is 10.2 Å². The van der Waals surface area contributed by atoms with Crippen molar-refractivity contribution in [2.24, 2.45) is 0 Å². The number of nitrogens with zero attached hydrogens (tertiary/aromatic N) is 4. The number of ether oxygens (including phenoxy) is 1. The molecule has 1 fully saturated rings. The quantitative estimate of drug-likeness (QED) is 0.767. The molecule has 0 aliphatic carbocycles. The molecule has 3 heterocycles. The zero-order chi connectivity index (χ0) is 22.7. The van der Waals surface area contributed by atoms with Gasteiger partial charge in [0.15, 0.2) is 6.61 Å². The number of aromatic nitrogens is 2. The summed E-state index contributed by atoms with van der Waals surface area (Å²) in [6.45, 7) is 3.86. The molecule has 1 unspecified atom stereocenters. The molecule has 1 aromatic carbocycles. The van der Waals surface area contributed by atoms with E-state index >= 15 is 0 Å². The highest BCUT2D eigenvalue weighted by atomic mass is 19.1. The highest BCUT2D eigenvalue weighted by Crippen LogP contribution is 2.30. The van der Waals surface area contributed by atoms with E-state index in [2.05, 4.69) is 5.32 Å². The van der Waals surface area contributed by atoms with Crippen LogP contribution in [0.25, 0.3) is 0 Å². The van der Waals surface area contributed by atoms with Gasteiger partial charge in [0, 0.05) is 51.5 Å². The number of halogens is 1. The Bertz CT molecular complexity index is 981. The maximum atomic E-state index is 13.0. The molecule has 2 aliphatic heterocycles. The summed E-state index contributed by atoms with van der Waals surface area (Å²) in [6, 6.07) is 5.60. The van der Waals surface area contributed by atoms with Crippen molar-refractivity contribution in [2.45, 2.75) is 38.6 Å². The maximum absolute atomic E-state index is 13.0. The Hall–Kier alpha value is -3.23. The minimum absolute atomic E-state index is 0.0820. The van der Waals surface area contributed by atoms with Crippen molar-refractivity contribution < 1.29 is 18.7 Å². The van der Waals surface area contributed by atoms with Crippen LogP contribution in [-0.2, 0) is 22.6 Å². The molecule has 1 atom stereocenters. The second-order valence-corrected chi connectivity index (χ2v) is 8.22. The van der Waals surface area contributed by atoms with Crippen LogP contribution in [0, 0.1) is 5.82 Å². The predicted octanol–water partition coefficient (Wildman–Crippen LogP) is 2.35. The lowest BCUT2D eigenvalue weighted by atomic mass is 9.96. The predicted molar refractivity (Wildman–Crippen MR) is 117 cm³/mol. The molecule has 4 rings (SSSR count). The number of benzene rings is 1. The first-order valence-electron chi connectivity index (χ1n) is 10.9. The summed E-state index contributed by atoms with van der Waals surface area (Å²) in [5.41, 5.74) is 1.86. The molecule has 2 aromatic rings. The number of rotatable bonds is 5. The van der Waals surface area contributed by atoms with Gasteiger partial charge in [-0.25, -0.2) is 14.4 Å². The molecule has 2 amide bonds. The van der Waals surface area contributed by atoms with Gasteiger partial charge in [0.2, 0.25) is 5.91 Å². The van der Waals surface area contributed by atoms with E-state index in [4.69, 9.17) is 14.7 Å². The summed E-state index contributed by atoms with van der Waals surface area (Å²) >= 11 is 0. The summed E-state index contributed by atoms with van der Waals surface area (Å²) in [5.74, 6) is 1.65. The molecule has 1 aromatic heterocycles. The van der Waals surface area contributed by atoms with Crippen molar-refractivity contribution in [2.75, 3.05) is 38.6 Å². The number of carbonyl (C=O) groups excluding carboxylic acids is 2. The van der Waals surface area contributed by atoms with E-state index in [1.165, 1.54) is 24.3 Å². The fourth-order valence-corrected chi connectivity index (χ4v) is 4.28. The van der Waals surface area contributed by atoms with Crippen LogP contribution in [0.1, 0.15) is 42.8 Å². The topological polar surface area (TPSA) is 87.7 Å². The number of nitrogens with one attached hydrogen (secondary N) is 1. The van der Waals surface area contributed by atoms with E-state index in [1.807, 2.05) is 11.9 Å². The third-order valence-corrected chi connectivity index (χ3v) is 6.07. The molecule has 0 bridgehead atoms. The van der Waals surface area contributed by atoms with Crippen molar-refractivity contribution >= 4 is 17.6 Å². The highest BCUT2D eigenvalue weighted by molar-refractivity contribution is 5.78. The summed E-state index contributed by atoms with van der Waals surface area (Å²) in [6.07, 6.45) is 2.53. The van der Waals surface area contributed by atoms with E-state index < -0.39 is 0 Å². The molecule has 2 aliphatic rings. The highest BCUT2D eigenvalue weighted by Gasteiger charge is 2.29. The first-order chi connectivity index (χ1) is 15.4. The Morgan fingerprint density at radius 1 is 1.19 bits per heavy atom. The van der Waals surface area contributed by atoms with Crippen molar-refractivity contribution in [3.8, 4) is 5.75 Å². The fourth-order valence-electron chi connectivity index (χ4n) is 4.28. The molecule has 170 valence electrons. The zero-order valence-corrected chi connectivity index (χ0v) is 18.4. The smallest absolute Gasteiger partial charge is 0.260 e. The molecular weight excluding hydrogens is 413 g/mol. The van der Waals surface area contributed by atoms with E-state index in [0.717, 1.165) is 42.3 Å². The second-order valence-electron chi connectivity index (χ2n) is 8.22. The largest absolute Gasteiger partial charge is 0.484 e. The zero-order valence-electron chi connectivity index (χ0n) is 18.4. The van der Waals surface area contributed by atoms with E-state index in [-0.39, 0.29) is 30.2 Å². The number of hydrogen-bond acceptors (Lipinski definition) is 6. The molecular formula is C23H28FN5O3. The lowest BCUT2D eigenvalue weighted by Gasteiger charge is -2.33. The number of likely N-dealkylation sites (tertiary alicyclic amines) is 1. The first kappa shape index (κ1) is 22.0. The SMILES string of the molecule is CNc1nc(C2CCCN(C(C)=O)C2)nc2c1CN(C(=O)COc1ccc(F)cc1)CC2. The first-order valence-corrected chi connectivity index (χ1v) is 10.9. The number of carbonyl (C=O) groups is 2. The number of fused-ring (bicyclic) bond motifs is 1.